The van der Waals surface area contributed by atoms with Crippen LogP contribution in [0.15, 0.2) is 109 Å². The first-order valence-electron chi connectivity index (χ1n) is 28.3. The smallest absolute Gasteiger partial charge is 0.387 e. The molecule has 0 fully saturated rings. The van der Waals surface area contributed by atoms with Crippen LogP contribution in [0.4, 0.5) is 0 Å². The Hall–Kier alpha value is -2.84. The van der Waals surface area contributed by atoms with Crippen LogP contribution in [0.3, 0.4) is 0 Å². The molecule has 3 unspecified atom stereocenters. The summed E-state index contributed by atoms with van der Waals surface area (Å²) in [5, 5.41) is 13.9. The normalized spacial score (nSPS) is 14.8. The summed E-state index contributed by atoms with van der Waals surface area (Å²) in [5.41, 5.74) is 0. The number of quaternary nitrogens is 1. The Labute approximate surface area is 431 Å². The molecule has 0 radical (unpaired) electrons. The zero-order chi connectivity index (χ0) is 51.3. The van der Waals surface area contributed by atoms with Gasteiger partial charge in [0.2, 0.25) is 5.91 Å². The number of unbranched alkanes of at least 4 members (excludes halogenated alkanes) is 21. The number of hydrogen-bond acceptors (Lipinski definition) is 5. The number of allylic oxidation sites excluding steroid dienone is 17. The second kappa shape index (κ2) is 51.1. The summed E-state index contributed by atoms with van der Waals surface area (Å²) >= 11 is 0. The molecule has 1 amide bonds. The molecule has 0 heterocycles. The molecule has 8 nitrogen and oxygen atoms in total. The number of amides is 1. The molecule has 0 bridgehead atoms. The first-order chi connectivity index (χ1) is 34.0. The predicted octanol–water partition coefficient (Wildman–Crippen LogP) is 17.2. The van der Waals surface area contributed by atoms with E-state index >= 15 is 0 Å². The van der Waals surface area contributed by atoms with Gasteiger partial charge in [-0.1, -0.05) is 232 Å². The number of phosphoric ester groups is 1. The Bertz CT molecular complexity index is 1500. The van der Waals surface area contributed by atoms with Crippen LogP contribution < -0.4 is 5.32 Å². The summed E-state index contributed by atoms with van der Waals surface area (Å²) in [6, 6.07) is -0.869. The molecule has 0 aromatic rings. The zero-order valence-corrected chi connectivity index (χ0v) is 46.6. The third-order valence-corrected chi connectivity index (χ3v) is 13.0. The van der Waals surface area contributed by atoms with Gasteiger partial charge in [-0.25, -0.2) is 4.57 Å². The van der Waals surface area contributed by atoms with Gasteiger partial charge in [0.25, 0.3) is 0 Å². The number of carbonyl (C=O) groups excluding carboxylic acids is 1. The summed E-state index contributed by atoms with van der Waals surface area (Å²) in [7, 11) is 1.54. The van der Waals surface area contributed by atoms with Crippen molar-refractivity contribution in [2.75, 3.05) is 40.9 Å². The average Bonchev–Trinajstić information content (AvgIpc) is 3.32. The van der Waals surface area contributed by atoms with Crippen LogP contribution in [0.1, 0.15) is 219 Å². The highest BCUT2D eigenvalue weighted by Gasteiger charge is 2.27. The van der Waals surface area contributed by atoms with E-state index in [-0.39, 0.29) is 19.1 Å². The van der Waals surface area contributed by atoms with E-state index in [1.165, 1.54) is 116 Å². The number of nitrogens with zero attached hydrogens (tertiary/aromatic N) is 1. The Morgan fingerprint density at radius 2 is 0.871 bits per heavy atom. The molecule has 0 rings (SSSR count). The number of rotatable bonds is 50. The molecular formula is C61H108N2O6P+. The van der Waals surface area contributed by atoms with Gasteiger partial charge < -0.3 is 19.8 Å². The third kappa shape index (κ3) is 53.0. The monoisotopic (exact) mass is 996 g/mol. The summed E-state index contributed by atoms with van der Waals surface area (Å²) in [6.45, 7) is 4.65. The summed E-state index contributed by atoms with van der Waals surface area (Å²) in [4.78, 5) is 23.2. The van der Waals surface area contributed by atoms with E-state index < -0.39 is 20.0 Å². The molecule has 0 aliphatic rings. The van der Waals surface area contributed by atoms with Gasteiger partial charge in [0, 0.05) is 6.42 Å². The molecule has 0 aliphatic carbocycles. The predicted molar refractivity (Wildman–Crippen MR) is 304 cm³/mol. The van der Waals surface area contributed by atoms with Crippen molar-refractivity contribution in [1.82, 2.24) is 5.32 Å². The van der Waals surface area contributed by atoms with Crippen molar-refractivity contribution in [2.24, 2.45) is 0 Å². The number of carbonyl (C=O) groups is 1. The number of nitrogens with one attached hydrogen (secondary N) is 1. The van der Waals surface area contributed by atoms with Crippen LogP contribution in [0.2, 0.25) is 0 Å². The van der Waals surface area contributed by atoms with Gasteiger partial charge in [0.05, 0.1) is 39.9 Å². The van der Waals surface area contributed by atoms with E-state index in [0.29, 0.717) is 17.4 Å². The van der Waals surface area contributed by atoms with E-state index in [9.17, 15) is 19.4 Å². The van der Waals surface area contributed by atoms with Crippen molar-refractivity contribution in [3.8, 4) is 0 Å². The number of hydrogen-bond donors (Lipinski definition) is 3. The Kier molecular flexibility index (Phi) is 49.0. The fraction of sp³-hybridized carbons (Fsp3) is 0.689. The molecule has 0 aliphatic heterocycles. The quantitative estimate of drug-likeness (QED) is 0.0243. The Balaban J connectivity index is 4.11. The maximum atomic E-state index is 12.9. The van der Waals surface area contributed by atoms with Crippen LogP contribution in [-0.2, 0) is 18.4 Å². The van der Waals surface area contributed by atoms with Gasteiger partial charge in [-0.3, -0.25) is 13.8 Å². The van der Waals surface area contributed by atoms with Crippen LogP contribution >= 0.6 is 7.82 Å². The Morgan fingerprint density at radius 1 is 0.500 bits per heavy atom. The van der Waals surface area contributed by atoms with Crippen LogP contribution in [0, 0.1) is 0 Å². The molecule has 0 aromatic carbocycles. The lowest BCUT2D eigenvalue weighted by molar-refractivity contribution is -0.870. The minimum absolute atomic E-state index is 0.0516. The van der Waals surface area contributed by atoms with Crippen molar-refractivity contribution in [1.29, 1.82) is 0 Å². The molecule has 0 saturated heterocycles. The van der Waals surface area contributed by atoms with Gasteiger partial charge >= 0.3 is 7.82 Å². The SMILES string of the molecule is CC/C=C\C/C=C\C/C=C\C/C=C\C/C=C\C/C=C\C/C=C\CCCCCCCCCCCCCCCC(=O)NC(COP(=O)(O)OCC[N+](C)(C)C)C(O)/C=C/CC/C=C/CCCCCCCCC. The second-order valence-corrected chi connectivity index (χ2v) is 21.4. The first kappa shape index (κ1) is 67.2. The highest BCUT2D eigenvalue weighted by Crippen LogP contribution is 2.43. The van der Waals surface area contributed by atoms with Crippen molar-refractivity contribution < 1.29 is 32.9 Å². The largest absolute Gasteiger partial charge is 0.472 e. The van der Waals surface area contributed by atoms with Gasteiger partial charge in [-0.2, -0.15) is 0 Å². The molecular weight excluding hydrogens is 888 g/mol. The molecule has 70 heavy (non-hydrogen) atoms. The van der Waals surface area contributed by atoms with Gasteiger partial charge in [-0.15, -0.1) is 0 Å². The topological polar surface area (TPSA) is 105 Å². The number of likely N-dealkylation sites (N-methyl/N-ethyl adjacent to an activating group) is 1. The highest BCUT2D eigenvalue weighted by molar-refractivity contribution is 7.47. The van der Waals surface area contributed by atoms with Gasteiger partial charge in [0.15, 0.2) is 0 Å². The van der Waals surface area contributed by atoms with Crippen molar-refractivity contribution in [3.05, 3.63) is 109 Å². The molecule has 0 saturated carbocycles. The van der Waals surface area contributed by atoms with Crippen molar-refractivity contribution in [3.63, 3.8) is 0 Å². The summed E-state index contributed by atoms with van der Waals surface area (Å²) in [5.74, 6) is -0.193. The molecule has 3 atom stereocenters. The molecule has 402 valence electrons. The fourth-order valence-corrected chi connectivity index (χ4v) is 8.30. The summed E-state index contributed by atoms with van der Waals surface area (Å²) < 4.78 is 23.6. The maximum absolute atomic E-state index is 12.9. The summed E-state index contributed by atoms with van der Waals surface area (Å²) in [6.07, 6.45) is 74.8. The van der Waals surface area contributed by atoms with Crippen LogP contribution in [-0.4, -0.2) is 73.4 Å². The lowest BCUT2D eigenvalue weighted by Gasteiger charge is -2.25. The first-order valence-corrected chi connectivity index (χ1v) is 29.8. The van der Waals surface area contributed by atoms with Crippen molar-refractivity contribution in [2.45, 2.75) is 231 Å². The highest BCUT2D eigenvalue weighted by atomic mass is 31.2. The zero-order valence-electron chi connectivity index (χ0n) is 45.7. The fourth-order valence-electron chi connectivity index (χ4n) is 7.57. The standard InChI is InChI=1S/C61H107N2O6P/c1-6-8-10-12-14-16-18-20-21-22-23-24-25-26-27-28-29-30-31-32-33-34-35-36-37-38-39-40-41-43-45-47-49-51-53-55-61(65)62-59(58-69-70(66,67)68-57-56-63(3,4)5)60(64)54-52-50-48-46-44-42-19-17-15-13-11-9-7-2/h8,10,14,16,20-21,23-24,26-27,29-30,32-33,44,46,52,54,59-60,64H,6-7,9,11-13,15,17-19,22,25,28,31,34-43,45,47-51,53,55-58H2,1-5H3,(H-,62,65,66,67)/p+1/b10-8-,16-14-,21-20-,24-23-,27-26-,30-29-,33-32-,46-44+,54-52+. The minimum Gasteiger partial charge on any atom is -0.387 e. The van der Waals surface area contributed by atoms with E-state index in [1.54, 1.807) is 6.08 Å². The average molecular weight is 997 g/mol. The van der Waals surface area contributed by atoms with Crippen LogP contribution in [0.5, 0.6) is 0 Å². The molecule has 0 spiro atoms. The lowest BCUT2D eigenvalue weighted by atomic mass is 10.0. The van der Waals surface area contributed by atoms with Crippen LogP contribution in [0.25, 0.3) is 0 Å². The third-order valence-electron chi connectivity index (χ3n) is 12.0. The second-order valence-electron chi connectivity index (χ2n) is 19.9. The van der Waals surface area contributed by atoms with Gasteiger partial charge in [0.1, 0.15) is 13.2 Å². The molecule has 3 N–H and O–H groups in total. The number of aliphatic hydroxyl groups excluding tert-OH is 1. The maximum Gasteiger partial charge on any atom is 0.472 e. The molecule has 0 aromatic heterocycles. The van der Waals surface area contributed by atoms with E-state index in [2.05, 4.69) is 116 Å². The van der Waals surface area contributed by atoms with E-state index in [1.807, 2.05) is 27.2 Å². The minimum atomic E-state index is -4.36. The van der Waals surface area contributed by atoms with Gasteiger partial charge in [-0.05, 0) is 89.9 Å². The van der Waals surface area contributed by atoms with E-state index in [4.69, 9.17) is 9.05 Å². The number of phosphoric acid groups is 1. The number of aliphatic hydroxyl groups is 1. The lowest BCUT2D eigenvalue weighted by Crippen LogP contribution is -2.45. The van der Waals surface area contributed by atoms with E-state index in [0.717, 1.165) is 83.5 Å². The van der Waals surface area contributed by atoms with Crippen molar-refractivity contribution >= 4 is 13.7 Å². The molecule has 9 heteroatoms. The Morgan fingerprint density at radius 3 is 1.31 bits per heavy atom.